The lowest BCUT2D eigenvalue weighted by atomic mass is 10.2. The van der Waals surface area contributed by atoms with Gasteiger partial charge in [-0.2, -0.15) is 0 Å². The second kappa shape index (κ2) is 10.5. The fourth-order valence-electron chi connectivity index (χ4n) is 2.88. The van der Waals surface area contributed by atoms with Gasteiger partial charge in [0.1, 0.15) is 11.2 Å². The highest BCUT2D eigenvalue weighted by Crippen LogP contribution is 2.20. The van der Waals surface area contributed by atoms with Crippen LogP contribution in [-0.2, 0) is 22.6 Å². The molecule has 0 saturated carbocycles. The lowest BCUT2D eigenvalue weighted by Gasteiger charge is -2.31. The number of imide groups is 2. The molecule has 0 radical (unpaired) electrons. The first-order valence-corrected chi connectivity index (χ1v) is 10.9. The molecule has 184 valence electrons. The number of amides is 4. The van der Waals surface area contributed by atoms with E-state index in [1.807, 2.05) is 0 Å². The number of hydrogen-bond acceptors (Lipinski definition) is 7. The number of hydrogen-bond donors (Lipinski definition) is 2. The zero-order valence-electron chi connectivity index (χ0n) is 20.6. The van der Waals surface area contributed by atoms with Crippen molar-refractivity contribution in [2.75, 3.05) is 11.5 Å². The number of ether oxygens (including phenoxy) is 2. The van der Waals surface area contributed by atoms with E-state index in [-0.39, 0.29) is 13.1 Å². The third-order valence-corrected chi connectivity index (χ3v) is 4.30. The second-order valence-electron chi connectivity index (χ2n) is 9.90. The van der Waals surface area contributed by atoms with E-state index in [2.05, 4.69) is 0 Å². The monoisotopic (exact) mass is 470 g/mol. The maximum Gasteiger partial charge on any atom is 0.418 e. The van der Waals surface area contributed by atoms with Crippen LogP contribution >= 0.6 is 0 Å². The highest BCUT2D eigenvalue weighted by atomic mass is 16.6. The molecule has 0 bridgehead atoms. The van der Waals surface area contributed by atoms with Crippen LogP contribution in [0.4, 0.5) is 25.8 Å². The van der Waals surface area contributed by atoms with Gasteiger partial charge in [0.15, 0.2) is 0 Å². The highest BCUT2D eigenvalue weighted by Gasteiger charge is 2.36. The summed E-state index contributed by atoms with van der Waals surface area (Å²) in [5, 5.41) is 0. The highest BCUT2D eigenvalue weighted by molar-refractivity contribution is 5.98. The van der Waals surface area contributed by atoms with Crippen LogP contribution in [-0.4, -0.2) is 39.2 Å². The van der Waals surface area contributed by atoms with E-state index < -0.39 is 29.4 Å². The molecule has 4 N–H and O–H groups in total. The summed E-state index contributed by atoms with van der Waals surface area (Å²) < 4.78 is 10.9. The van der Waals surface area contributed by atoms with Gasteiger partial charge in [0.25, 0.3) is 0 Å². The van der Waals surface area contributed by atoms with Gasteiger partial charge in [0.2, 0.25) is 0 Å². The summed E-state index contributed by atoms with van der Waals surface area (Å²) in [5.41, 5.74) is 12.1. The number of urea groups is 1. The molecule has 0 spiro atoms. The summed E-state index contributed by atoms with van der Waals surface area (Å²) in [7, 11) is 0. The molecule has 0 aliphatic rings. The van der Waals surface area contributed by atoms with Crippen LogP contribution < -0.4 is 11.5 Å². The second-order valence-corrected chi connectivity index (χ2v) is 9.90. The van der Waals surface area contributed by atoms with Crippen molar-refractivity contribution in [1.29, 1.82) is 0 Å². The van der Waals surface area contributed by atoms with Gasteiger partial charge in [-0.05, 0) is 76.9 Å². The fourth-order valence-corrected chi connectivity index (χ4v) is 2.88. The first-order chi connectivity index (χ1) is 15.6. The van der Waals surface area contributed by atoms with Gasteiger partial charge in [0, 0.05) is 11.4 Å². The van der Waals surface area contributed by atoms with E-state index in [0.29, 0.717) is 22.5 Å². The first kappa shape index (κ1) is 26.5. The van der Waals surface area contributed by atoms with Crippen LogP contribution in [0.1, 0.15) is 52.7 Å². The predicted molar refractivity (Wildman–Crippen MR) is 131 cm³/mol. The Morgan fingerprint density at radius 2 is 1.18 bits per heavy atom. The first-order valence-electron chi connectivity index (χ1n) is 10.9. The minimum absolute atomic E-state index is 0.135. The summed E-state index contributed by atoms with van der Waals surface area (Å²) in [6, 6.07) is 12.6. The standard InChI is InChI=1S/C25H34N4O5/c1-24(2,3)33-22(31)28(15-17-10-12-19(26)13-11-17)21(30)29(23(32)34-25(4,5)6)16-18-8-7-9-20(27)14-18/h7-14H,15-16,26-27H2,1-6H3. The molecule has 0 heterocycles. The Labute approximate surface area is 200 Å². The SMILES string of the molecule is CC(C)(C)OC(=O)N(Cc1ccc(N)cc1)C(=O)N(Cc1cccc(N)c1)C(=O)OC(C)(C)C. The zero-order chi connectivity index (χ0) is 25.7. The quantitative estimate of drug-likeness (QED) is 0.592. The number of carbonyl (C=O) groups excluding carboxylic acids is 3. The van der Waals surface area contributed by atoms with E-state index in [0.717, 1.165) is 9.80 Å². The molecule has 0 aliphatic heterocycles. The summed E-state index contributed by atoms with van der Waals surface area (Å²) in [4.78, 5) is 41.5. The maximum absolute atomic E-state index is 13.7. The average molecular weight is 471 g/mol. The molecule has 0 aromatic heterocycles. The van der Waals surface area contributed by atoms with Gasteiger partial charge < -0.3 is 20.9 Å². The van der Waals surface area contributed by atoms with Gasteiger partial charge >= 0.3 is 18.2 Å². The summed E-state index contributed by atoms with van der Waals surface area (Å²) >= 11 is 0. The van der Waals surface area contributed by atoms with Crippen molar-refractivity contribution < 1.29 is 23.9 Å². The van der Waals surface area contributed by atoms with E-state index in [1.165, 1.54) is 0 Å². The largest absolute Gasteiger partial charge is 0.443 e. The average Bonchev–Trinajstić information content (AvgIpc) is 2.68. The lowest BCUT2D eigenvalue weighted by Crippen LogP contribution is -2.50. The maximum atomic E-state index is 13.7. The molecule has 4 amide bonds. The van der Waals surface area contributed by atoms with E-state index in [1.54, 1.807) is 90.1 Å². The van der Waals surface area contributed by atoms with Gasteiger partial charge in [-0.15, -0.1) is 0 Å². The third-order valence-electron chi connectivity index (χ3n) is 4.30. The Bertz CT molecular complexity index is 1020. The molecule has 9 nitrogen and oxygen atoms in total. The molecular weight excluding hydrogens is 436 g/mol. The molecule has 0 saturated heterocycles. The molecule has 0 fully saturated rings. The van der Waals surface area contributed by atoms with Gasteiger partial charge in [-0.1, -0.05) is 24.3 Å². The molecule has 9 heteroatoms. The van der Waals surface area contributed by atoms with Crippen LogP contribution in [0.3, 0.4) is 0 Å². The van der Waals surface area contributed by atoms with Crippen LogP contribution in [0.5, 0.6) is 0 Å². The van der Waals surface area contributed by atoms with Gasteiger partial charge in [-0.3, -0.25) is 0 Å². The Kier molecular flexibility index (Phi) is 8.15. The molecule has 2 aromatic carbocycles. The lowest BCUT2D eigenvalue weighted by molar-refractivity contribution is 0.0165. The molecule has 0 aliphatic carbocycles. The number of nitrogens with zero attached hydrogens (tertiary/aromatic N) is 2. The number of benzene rings is 2. The molecule has 2 aromatic rings. The number of rotatable bonds is 4. The van der Waals surface area contributed by atoms with Gasteiger partial charge in [0.05, 0.1) is 13.1 Å². The summed E-state index contributed by atoms with van der Waals surface area (Å²) in [6.45, 7) is 9.85. The van der Waals surface area contributed by atoms with Crippen molar-refractivity contribution in [2.45, 2.75) is 65.8 Å². The Morgan fingerprint density at radius 1 is 0.706 bits per heavy atom. The number of anilines is 2. The Hall–Kier alpha value is -3.75. The zero-order valence-corrected chi connectivity index (χ0v) is 20.6. The van der Waals surface area contributed by atoms with Crippen LogP contribution in [0.15, 0.2) is 48.5 Å². The van der Waals surface area contributed by atoms with Crippen LogP contribution in [0, 0.1) is 0 Å². The van der Waals surface area contributed by atoms with Crippen molar-refractivity contribution in [2.24, 2.45) is 0 Å². The van der Waals surface area contributed by atoms with Crippen molar-refractivity contribution in [3.8, 4) is 0 Å². The smallest absolute Gasteiger partial charge is 0.418 e. The third kappa shape index (κ3) is 8.31. The number of nitrogen functional groups attached to an aromatic ring is 2. The van der Waals surface area contributed by atoms with Crippen molar-refractivity contribution in [1.82, 2.24) is 9.80 Å². The topological polar surface area (TPSA) is 128 Å². The molecule has 34 heavy (non-hydrogen) atoms. The van der Waals surface area contributed by atoms with Crippen molar-refractivity contribution >= 4 is 29.6 Å². The molecular formula is C25H34N4O5. The Morgan fingerprint density at radius 3 is 1.62 bits per heavy atom. The fraction of sp³-hybridized carbons (Fsp3) is 0.400. The van der Waals surface area contributed by atoms with E-state index >= 15 is 0 Å². The molecule has 2 rings (SSSR count). The molecule has 0 unspecified atom stereocenters. The molecule has 0 atom stereocenters. The normalized spacial score (nSPS) is 11.5. The predicted octanol–water partition coefficient (Wildman–Crippen LogP) is 5.15. The van der Waals surface area contributed by atoms with E-state index in [4.69, 9.17) is 20.9 Å². The van der Waals surface area contributed by atoms with E-state index in [9.17, 15) is 14.4 Å². The Balaban J connectivity index is 2.45. The van der Waals surface area contributed by atoms with Crippen molar-refractivity contribution in [3.63, 3.8) is 0 Å². The van der Waals surface area contributed by atoms with Crippen LogP contribution in [0.25, 0.3) is 0 Å². The van der Waals surface area contributed by atoms with Gasteiger partial charge in [-0.25, -0.2) is 24.2 Å². The number of carbonyl (C=O) groups is 3. The minimum atomic E-state index is -0.897. The van der Waals surface area contributed by atoms with Crippen molar-refractivity contribution in [3.05, 3.63) is 59.7 Å². The number of nitrogens with two attached hydrogens (primary N) is 2. The minimum Gasteiger partial charge on any atom is -0.443 e. The summed E-state index contributed by atoms with van der Waals surface area (Å²) in [5.74, 6) is 0. The summed E-state index contributed by atoms with van der Waals surface area (Å²) in [6.07, 6.45) is -1.79. The van der Waals surface area contributed by atoms with Crippen LogP contribution in [0.2, 0.25) is 0 Å².